The van der Waals surface area contributed by atoms with E-state index < -0.39 is 5.60 Å². The van der Waals surface area contributed by atoms with Gasteiger partial charge < -0.3 is 5.11 Å². The van der Waals surface area contributed by atoms with Crippen LogP contribution in [0.4, 0.5) is 0 Å². The van der Waals surface area contributed by atoms with Crippen molar-refractivity contribution >= 4 is 23.3 Å². The van der Waals surface area contributed by atoms with Gasteiger partial charge in [-0.1, -0.05) is 61.2 Å². The highest BCUT2D eigenvalue weighted by atomic mass is 35.5. The Morgan fingerprint density at radius 3 is 2.44 bits per heavy atom. The molecule has 0 amide bonds. The normalized spacial score (nSPS) is 19.0. The van der Waals surface area contributed by atoms with Crippen molar-refractivity contribution in [1.82, 2.24) is 0 Å². The number of hydrogen-bond acceptors (Lipinski definition) is 1. The quantitative estimate of drug-likeness (QED) is 0.670. The van der Waals surface area contributed by atoms with E-state index >= 15 is 0 Å². The highest BCUT2D eigenvalue weighted by Crippen LogP contribution is 2.55. The van der Waals surface area contributed by atoms with E-state index in [2.05, 4.69) is 36.4 Å². The molecule has 2 heteroatoms. The Hall–Kier alpha value is -1.57. The molecule has 1 fully saturated rings. The van der Waals surface area contributed by atoms with Crippen molar-refractivity contribution in [2.24, 2.45) is 0 Å². The summed E-state index contributed by atoms with van der Waals surface area (Å²) in [4.78, 5) is 0. The Labute approximate surface area is 155 Å². The van der Waals surface area contributed by atoms with Gasteiger partial charge in [-0.3, -0.25) is 0 Å². The van der Waals surface area contributed by atoms with Crippen molar-refractivity contribution in [2.75, 3.05) is 0 Å². The van der Waals surface area contributed by atoms with Crippen LogP contribution in [0.1, 0.15) is 68.2 Å². The van der Waals surface area contributed by atoms with Crippen LogP contribution in [0.5, 0.6) is 0 Å². The molecule has 0 atom stereocenters. The predicted octanol–water partition coefficient (Wildman–Crippen LogP) is 6.32. The average molecular weight is 353 g/mol. The second-order valence-corrected chi connectivity index (χ2v) is 8.47. The third-order valence-corrected chi connectivity index (χ3v) is 6.16. The summed E-state index contributed by atoms with van der Waals surface area (Å²) >= 11 is 6.27. The molecule has 2 aromatic rings. The number of benzene rings is 2. The van der Waals surface area contributed by atoms with Crippen LogP contribution in [-0.4, -0.2) is 5.11 Å². The Bertz CT molecular complexity index is 835. The lowest BCUT2D eigenvalue weighted by molar-refractivity contribution is 0.0782. The van der Waals surface area contributed by atoms with Crippen molar-refractivity contribution in [2.45, 2.75) is 57.0 Å². The first-order chi connectivity index (χ1) is 11.9. The fourth-order valence-corrected chi connectivity index (χ4v) is 4.96. The van der Waals surface area contributed by atoms with Crippen molar-refractivity contribution in [3.8, 4) is 0 Å². The lowest BCUT2D eigenvalue weighted by Gasteiger charge is -2.39. The fourth-order valence-electron chi connectivity index (χ4n) is 4.78. The van der Waals surface area contributed by atoms with Gasteiger partial charge in [0.2, 0.25) is 0 Å². The minimum atomic E-state index is -0.925. The topological polar surface area (TPSA) is 20.2 Å². The fraction of sp³-hybridized carbons (Fsp3) is 0.391. The number of fused-ring (bicyclic) bond motifs is 2. The van der Waals surface area contributed by atoms with Crippen LogP contribution in [-0.2, 0) is 11.0 Å². The van der Waals surface area contributed by atoms with Crippen LogP contribution < -0.4 is 0 Å². The van der Waals surface area contributed by atoms with Crippen molar-refractivity contribution in [3.05, 3.63) is 69.7 Å². The summed E-state index contributed by atoms with van der Waals surface area (Å²) < 4.78 is 0. The van der Waals surface area contributed by atoms with Crippen LogP contribution in [0.25, 0.3) is 11.6 Å². The van der Waals surface area contributed by atoms with Gasteiger partial charge in [0.05, 0.1) is 5.60 Å². The first kappa shape index (κ1) is 16.9. The zero-order valence-electron chi connectivity index (χ0n) is 15.0. The van der Waals surface area contributed by atoms with Gasteiger partial charge in [0.15, 0.2) is 0 Å². The zero-order chi connectivity index (χ0) is 17.7. The van der Waals surface area contributed by atoms with E-state index in [9.17, 15) is 5.11 Å². The molecule has 2 aliphatic rings. The van der Waals surface area contributed by atoms with Crippen LogP contribution in [0.2, 0.25) is 5.02 Å². The molecule has 0 bridgehead atoms. The lowest BCUT2D eigenvalue weighted by atomic mass is 9.65. The molecule has 0 aromatic heterocycles. The van der Waals surface area contributed by atoms with Gasteiger partial charge in [-0.15, -0.1) is 0 Å². The largest absolute Gasteiger partial charge is 0.386 e. The van der Waals surface area contributed by atoms with Crippen molar-refractivity contribution in [3.63, 3.8) is 0 Å². The first-order valence-electron chi connectivity index (χ1n) is 9.26. The molecule has 0 saturated heterocycles. The van der Waals surface area contributed by atoms with Crippen LogP contribution in [0.15, 0.2) is 42.5 Å². The number of rotatable bonds is 2. The van der Waals surface area contributed by atoms with Gasteiger partial charge in [0.1, 0.15) is 0 Å². The molecule has 0 aliphatic heterocycles. The number of allylic oxidation sites excluding steroid dienone is 1. The lowest BCUT2D eigenvalue weighted by Crippen LogP contribution is -2.30. The highest BCUT2D eigenvalue weighted by Gasteiger charge is 2.43. The molecular weight excluding hydrogens is 328 g/mol. The second-order valence-electron chi connectivity index (χ2n) is 8.04. The van der Waals surface area contributed by atoms with Crippen LogP contribution >= 0.6 is 11.6 Å². The summed E-state index contributed by atoms with van der Waals surface area (Å²) in [5, 5.41) is 11.4. The average Bonchev–Trinajstić information content (AvgIpc) is 2.89. The maximum Gasteiger partial charge on any atom is 0.0846 e. The van der Waals surface area contributed by atoms with Gasteiger partial charge in [0, 0.05) is 10.4 Å². The van der Waals surface area contributed by atoms with E-state index in [1.807, 2.05) is 26.0 Å². The standard InChI is InChI=1S/C23H25ClO/c1-22(2,25)20-15-17(24)10-11-18(20)21-14-16-8-4-5-9-19(16)23(21)12-6-3-7-13-23/h4-5,8-11,14-15,25H,3,6-7,12-13H2,1-2H3. The maximum atomic E-state index is 10.8. The molecule has 2 aliphatic carbocycles. The Morgan fingerprint density at radius 1 is 1.00 bits per heavy atom. The molecule has 130 valence electrons. The van der Waals surface area contributed by atoms with E-state index in [0.29, 0.717) is 5.02 Å². The van der Waals surface area contributed by atoms with Gasteiger partial charge in [-0.25, -0.2) is 0 Å². The van der Waals surface area contributed by atoms with Crippen molar-refractivity contribution < 1.29 is 5.11 Å². The highest BCUT2D eigenvalue weighted by molar-refractivity contribution is 6.30. The van der Waals surface area contributed by atoms with Gasteiger partial charge >= 0.3 is 0 Å². The SMILES string of the molecule is CC(C)(O)c1cc(Cl)ccc1C1=Cc2ccccc2C12CCCCC2. The molecule has 0 heterocycles. The van der Waals surface area contributed by atoms with E-state index in [-0.39, 0.29) is 5.41 Å². The third-order valence-electron chi connectivity index (χ3n) is 5.93. The summed E-state index contributed by atoms with van der Waals surface area (Å²) in [6.07, 6.45) is 8.55. The molecule has 1 N–H and O–H groups in total. The smallest absolute Gasteiger partial charge is 0.0846 e. The summed E-state index contributed by atoms with van der Waals surface area (Å²) in [6, 6.07) is 14.8. The molecule has 0 radical (unpaired) electrons. The van der Waals surface area contributed by atoms with E-state index in [1.165, 1.54) is 48.8 Å². The van der Waals surface area contributed by atoms with Gasteiger partial charge in [-0.05, 0) is 72.7 Å². The molecule has 25 heavy (non-hydrogen) atoms. The molecule has 0 unspecified atom stereocenters. The number of hydrogen-bond donors (Lipinski definition) is 1. The molecule has 1 spiro atoms. The third kappa shape index (κ3) is 2.74. The molecule has 2 aromatic carbocycles. The predicted molar refractivity (Wildman–Crippen MR) is 106 cm³/mol. The summed E-state index contributed by atoms with van der Waals surface area (Å²) in [6.45, 7) is 3.69. The van der Waals surface area contributed by atoms with E-state index in [1.54, 1.807) is 0 Å². The zero-order valence-corrected chi connectivity index (χ0v) is 15.7. The second kappa shape index (κ2) is 6.00. The molecule has 1 saturated carbocycles. The minimum absolute atomic E-state index is 0.0860. The molecule has 1 nitrogen and oxygen atoms in total. The summed E-state index contributed by atoms with van der Waals surface area (Å²) in [5.41, 5.74) is 5.38. The molecule has 4 rings (SSSR count). The number of halogens is 1. The van der Waals surface area contributed by atoms with Gasteiger partial charge in [-0.2, -0.15) is 0 Å². The van der Waals surface area contributed by atoms with Gasteiger partial charge in [0.25, 0.3) is 0 Å². The monoisotopic (exact) mass is 352 g/mol. The first-order valence-corrected chi connectivity index (χ1v) is 9.64. The van der Waals surface area contributed by atoms with E-state index in [4.69, 9.17) is 11.6 Å². The maximum absolute atomic E-state index is 10.8. The Kier molecular flexibility index (Phi) is 4.05. The Balaban J connectivity index is 1.94. The van der Waals surface area contributed by atoms with Crippen molar-refractivity contribution in [1.29, 1.82) is 0 Å². The minimum Gasteiger partial charge on any atom is -0.386 e. The summed E-state index contributed by atoms with van der Waals surface area (Å²) in [5.74, 6) is 0. The van der Waals surface area contributed by atoms with E-state index in [0.717, 1.165) is 11.1 Å². The number of aliphatic hydroxyl groups is 1. The van der Waals surface area contributed by atoms with Crippen LogP contribution in [0, 0.1) is 0 Å². The van der Waals surface area contributed by atoms with Crippen LogP contribution in [0.3, 0.4) is 0 Å². The Morgan fingerprint density at radius 2 is 1.72 bits per heavy atom. The summed E-state index contributed by atoms with van der Waals surface area (Å²) in [7, 11) is 0. The molecular formula is C23H25ClO.